The minimum Gasteiger partial charge on any atom is -0.508 e. The number of nitrogens with zero attached hydrogens (tertiary/aromatic N) is 2. The van der Waals surface area contributed by atoms with Crippen molar-refractivity contribution in [3.05, 3.63) is 56.9 Å². The average molecular weight is 422 g/mol. The molecule has 2 aromatic heterocycles. The summed E-state index contributed by atoms with van der Waals surface area (Å²) < 4.78 is 6.73. The Balaban J connectivity index is 0.00000112. The van der Waals surface area contributed by atoms with Crippen molar-refractivity contribution in [1.82, 2.24) is 9.55 Å². The van der Waals surface area contributed by atoms with Gasteiger partial charge in [0.15, 0.2) is 5.60 Å². The number of phenols is 1. The van der Waals surface area contributed by atoms with Crippen LogP contribution in [0, 0.1) is 0 Å². The van der Waals surface area contributed by atoms with E-state index in [0.717, 1.165) is 22.0 Å². The first-order valence-corrected chi connectivity index (χ1v) is 10.7. The van der Waals surface area contributed by atoms with E-state index in [1.165, 1.54) is 0 Å². The van der Waals surface area contributed by atoms with Crippen molar-refractivity contribution in [3.8, 4) is 17.1 Å². The van der Waals surface area contributed by atoms with E-state index in [1.54, 1.807) is 35.8 Å². The SMILES string of the molecule is CC.CCc1c2c(nc3ccc(O)cc13)-c1cc3c(c(=O)n1C2)COC(=O)C3(O)CC. The molecule has 1 unspecified atom stereocenters. The van der Waals surface area contributed by atoms with E-state index in [-0.39, 0.29) is 24.3 Å². The van der Waals surface area contributed by atoms with Crippen LogP contribution >= 0.6 is 0 Å². The van der Waals surface area contributed by atoms with Gasteiger partial charge >= 0.3 is 5.97 Å². The summed E-state index contributed by atoms with van der Waals surface area (Å²) in [7, 11) is 0. The number of cyclic esters (lactones) is 1. The molecule has 0 fully saturated rings. The second-order valence-electron chi connectivity index (χ2n) is 7.58. The molecule has 0 spiro atoms. The molecule has 3 aromatic rings. The number of pyridine rings is 2. The second-order valence-corrected chi connectivity index (χ2v) is 7.58. The molecule has 2 aliphatic heterocycles. The van der Waals surface area contributed by atoms with Gasteiger partial charge in [-0.1, -0.05) is 27.7 Å². The Labute approximate surface area is 179 Å². The number of esters is 1. The van der Waals surface area contributed by atoms with Crippen LogP contribution in [0.5, 0.6) is 5.75 Å². The molecule has 0 amide bonds. The number of carbonyl (C=O) groups excluding carboxylic acids is 1. The van der Waals surface area contributed by atoms with Crippen LogP contribution in [0.15, 0.2) is 29.1 Å². The fraction of sp³-hybridized carbons (Fsp3) is 0.375. The molecule has 2 N–H and O–H groups in total. The minimum absolute atomic E-state index is 0.110. The van der Waals surface area contributed by atoms with E-state index in [0.29, 0.717) is 35.5 Å². The summed E-state index contributed by atoms with van der Waals surface area (Å²) in [6.45, 7) is 7.92. The number of aliphatic hydroxyl groups is 1. The Morgan fingerprint density at radius 2 is 1.90 bits per heavy atom. The molecule has 162 valence electrons. The van der Waals surface area contributed by atoms with Gasteiger partial charge in [0.25, 0.3) is 5.56 Å². The summed E-state index contributed by atoms with van der Waals surface area (Å²) in [4.78, 5) is 30.2. The lowest BCUT2D eigenvalue weighted by atomic mass is 9.86. The zero-order chi connectivity index (χ0) is 22.5. The predicted octanol–water partition coefficient (Wildman–Crippen LogP) is 3.37. The van der Waals surface area contributed by atoms with Gasteiger partial charge in [0.05, 0.1) is 29.0 Å². The third kappa shape index (κ3) is 2.87. The second kappa shape index (κ2) is 7.50. The number of fused-ring (bicyclic) bond motifs is 5. The molecule has 31 heavy (non-hydrogen) atoms. The lowest BCUT2D eigenvalue weighted by Gasteiger charge is -2.31. The highest BCUT2D eigenvalue weighted by atomic mass is 16.6. The standard InChI is InChI=1S/C22H20N2O5.C2H6/c1-3-12-13-7-11(25)5-6-17(13)23-19-14(12)9-24-18(19)8-16-15(20(24)26)10-29-21(27)22(16,28)4-2;1-2/h5-8,25,28H,3-4,9-10H2,1-2H3;1-2H3. The maximum absolute atomic E-state index is 13.2. The highest BCUT2D eigenvalue weighted by molar-refractivity contribution is 5.89. The molecule has 0 saturated carbocycles. The van der Waals surface area contributed by atoms with Crippen molar-refractivity contribution in [2.24, 2.45) is 0 Å². The summed E-state index contributed by atoms with van der Waals surface area (Å²) in [6.07, 6.45) is 0.826. The Morgan fingerprint density at radius 1 is 1.16 bits per heavy atom. The monoisotopic (exact) mass is 422 g/mol. The van der Waals surface area contributed by atoms with Crippen molar-refractivity contribution in [2.75, 3.05) is 0 Å². The number of hydrogen-bond acceptors (Lipinski definition) is 6. The van der Waals surface area contributed by atoms with E-state index in [2.05, 4.69) is 0 Å². The van der Waals surface area contributed by atoms with Crippen LogP contribution in [-0.4, -0.2) is 25.7 Å². The van der Waals surface area contributed by atoms with E-state index in [4.69, 9.17) is 9.72 Å². The smallest absolute Gasteiger partial charge is 0.343 e. The number of aromatic nitrogens is 2. The molecule has 7 heteroatoms. The molecule has 5 rings (SSSR count). The van der Waals surface area contributed by atoms with Crippen LogP contribution < -0.4 is 5.56 Å². The topological polar surface area (TPSA) is 102 Å². The van der Waals surface area contributed by atoms with Crippen molar-refractivity contribution in [3.63, 3.8) is 0 Å². The normalized spacial score (nSPS) is 18.5. The lowest BCUT2D eigenvalue weighted by Crippen LogP contribution is -2.44. The molecule has 0 saturated heterocycles. The van der Waals surface area contributed by atoms with Crippen LogP contribution in [0.1, 0.15) is 56.4 Å². The Hall–Kier alpha value is -3.19. The van der Waals surface area contributed by atoms with E-state index in [9.17, 15) is 19.8 Å². The Bertz CT molecular complexity index is 1280. The summed E-state index contributed by atoms with van der Waals surface area (Å²) >= 11 is 0. The van der Waals surface area contributed by atoms with Gasteiger partial charge in [0.2, 0.25) is 0 Å². The van der Waals surface area contributed by atoms with Gasteiger partial charge in [-0.25, -0.2) is 9.78 Å². The molecule has 0 bridgehead atoms. The first-order valence-electron chi connectivity index (χ1n) is 10.7. The summed E-state index contributed by atoms with van der Waals surface area (Å²) in [5.41, 5.74) is 2.47. The summed E-state index contributed by atoms with van der Waals surface area (Å²) in [5.74, 6) is -0.563. The van der Waals surface area contributed by atoms with Crippen LogP contribution in [0.25, 0.3) is 22.3 Å². The average Bonchev–Trinajstić information content (AvgIpc) is 3.15. The number of hydrogen-bond donors (Lipinski definition) is 2. The molecule has 4 heterocycles. The lowest BCUT2D eigenvalue weighted by molar-refractivity contribution is -0.172. The number of aromatic hydroxyl groups is 1. The maximum Gasteiger partial charge on any atom is 0.343 e. The molecule has 1 aromatic carbocycles. The molecule has 1 atom stereocenters. The quantitative estimate of drug-likeness (QED) is 0.480. The van der Waals surface area contributed by atoms with Crippen molar-refractivity contribution in [1.29, 1.82) is 0 Å². The van der Waals surface area contributed by atoms with Gasteiger partial charge in [-0.2, -0.15) is 0 Å². The fourth-order valence-electron chi connectivity index (χ4n) is 4.55. The molecular weight excluding hydrogens is 396 g/mol. The third-order valence-corrected chi connectivity index (χ3v) is 6.14. The molecule has 7 nitrogen and oxygen atoms in total. The first-order chi connectivity index (χ1) is 14.9. The summed E-state index contributed by atoms with van der Waals surface area (Å²) in [6, 6.07) is 6.75. The van der Waals surface area contributed by atoms with Crippen molar-refractivity contribution >= 4 is 16.9 Å². The molecule has 0 radical (unpaired) electrons. The zero-order valence-corrected chi connectivity index (χ0v) is 18.2. The Morgan fingerprint density at radius 3 is 2.58 bits per heavy atom. The highest BCUT2D eigenvalue weighted by Crippen LogP contribution is 2.40. The van der Waals surface area contributed by atoms with Gasteiger partial charge in [-0.3, -0.25) is 4.79 Å². The van der Waals surface area contributed by atoms with Gasteiger partial charge in [-0.15, -0.1) is 0 Å². The van der Waals surface area contributed by atoms with Crippen LogP contribution in [0.3, 0.4) is 0 Å². The van der Waals surface area contributed by atoms with Crippen molar-refractivity contribution in [2.45, 2.75) is 59.3 Å². The maximum atomic E-state index is 13.2. The third-order valence-electron chi connectivity index (χ3n) is 6.14. The van der Waals surface area contributed by atoms with Gasteiger partial charge in [0, 0.05) is 16.5 Å². The van der Waals surface area contributed by atoms with Gasteiger partial charge in [-0.05, 0) is 42.7 Å². The number of rotatable bonds is 2. The molecule has 2 aliphatic rings. The first kappa shape index (κ1) is 21.1. The molecular formula is C24H26N2O5. The predicted molar refractivity (Wildman–Crippen MR) is 117 cm³/mol. The number of ether oxygens (including phenoxy) is 1. The van der Waals surface area contributed by atoms with Gasteiger partial charge < -0.3 is 19.5 Å². The largest absolute Gasteiger partial charge is 0.508 e. The number of phenolic OH excluding ortho intramolecular Hbond substituents is 1. The molecule has 0 aliphatic carbocycles. The number of benzene rings is 1. The number of aryl methyl sites for hydroxylation is 1. The van der Waals surface area contributed by atoms with E-state index < -0.39 is 11.6 Å². The van der Waals surface area contributed by atoms with Crippen LogP contribution in [0.2, 0.25) is 0 Å². The van der Waals surface area contributed by atoms with Crippen molar-refractivity contribution < 1.29 is 19.7 Å². The fourth-order valence-corrected chi connectivity index (χ4v) is 4.55. The van der Waals surface area contributed by atoms with E-state index >= 15 is 0 Å². The van der Waals surface area contributed by atoms with Crippen LogP contribution in [0.4, 0.5) is 0 Å². The van der Waals surface area contributed by atoms with Gasteiger partial charge in [0.1, 0.15) is 12.4 Å². The zero-order valence-electron chi connectivity index (χ0n) is 18.2. The Kier molecular flexibility index (Phi) is 5.09. The highest BCUT2D eigenvalue weighted by Gasteiger charge is 2.45. The number of carbonyl (C=O) groups is 1. The minimum atomic E-state index is -1.83. The van der Waals surface area contributed by atoms with Crippen LogP contribution in [-0.2, 0) is 34.7 Å². The van der Waals surface area contributed by atoms with E-state index in [1.807, 2.05) is 20.8 Å². The summed E-state index contributed by atoms with van der Waals surface area (Å²) in [5, 5.41) is 21.7.